The smallest absolute Gasteiger partial charge is 0.306 e. The topological polar surface area (TPSA) is 61.8 Å². The van der Waals surface area contributed by atoms with Gasteiger partial charge in [-0.3, -0.25) is 9.59 Å². The number of hydrogen-bond donors (Lipinski definition) is 1. The van der Waals surface area contributed by atoms with E-state index in [1.54, 1.807) is 19.0 Å². The molecule has 0 aromatic heterocycles. The van der Waals surface area contributed by atoms with Crippen LogP contribution in [0.15, 0.2) is 4.99 Å². The molecule has 0 aromatic carbocycles. The van der Waals surface area contributed by atoms with E-state index in [0.717, 1.165) is 12.8 Å². The molecular weight excluding hydrogens is 226 g/mol. The summed E-state index contributed by atoms with van der Waals surface area (Å²) in [5.74, 6) is 1.66. The van der Waals surface area contributed by atoms with Crippen LogP contribution in [0.1, 0.15) is 12.8 Å². The number of nitrogens with one attached hydrogen (secondary N) is 1. The molecule has 2 aliphatic rings. The van der Waals surface area contributed by atoms with Gasteiger partial charge in [-0.15, -0.1) is 0 Å². The van der Waals surface area contributed by atoms with Gasteiger partial charge in [0, 0.05) is 14.1 Å². The lowest BCUT2D eigenvalue weighted by Crippen LogP contribution is -2.47. The average Bonchev–Trinajstić information content (AvgIpc) is 2.98. The second-order valence-electron chi connectivity index (χ2n) is 4.31. The van der Waals surface area contributed by atoms with E-state index < -0.39 is 0 Å². The Labute approximate surface area is 98.7 Å². The van der Waals surface area contributed by atoms with Gasteiger partial charge in [-0.1, -0.05) is 11.8 Å². The number of aliphatic imine (C=N–C) groups is 1. The summed E-state index contributed by atoms with van der Waals surface area (Å²) in [5.41, 5.74) is 0. The molecular formula is C10H15N3O2S. The van der Waals surface area contributed by atoms with E-state index in [4.69, 9.17) is 0 Å². The van der Waals surface area contributed by atoms with E-state index >= 15 is 0 Å². The Hall–Kier alpha value is -1.04. The normalized spacial score (nSPS) is 21.6. The maximum atomic E-state index is 11.9. The minimum atomic E-state index is -0.208. The van der Waals surface area contributed by atoms with Crippen molar-refractivity contribution in [2.24, 2.45) is 10.9 Å². The van der Waals surface area contributed by atoms with E-state index in [1.807, 2.05) is 0 Å². The lowest BCUT2D eigenvalue weighted by Gasteiger charge is -2.21. The molecule has 0 saturated heterocycles. The Bertz CT molecular complexity index is 350. The molecule has 1 aliphatic heterocycles. The van der Waals surface area contributed by atoms with Crippen molar-refractivity contribution >= 4 is 28.7 Å². The van der Waals surface area contributed by atoms with Crippen molar-refractivity contribution in [2.75, 3.05) is 19.8 Å². The van der Waals surface area contributed by atoms with Gasteiger partial charge in [-0.05, 0) is 18.8 Å². The van der Waals surface area contributed by atoms with E-state index in [-0.39, 0.29) is 17.2 Å². The Kier molecular flexibility index (Phi) is 3.18. The molecule has 88 valence electrons. The van der Waals surface area contributed by atoms with Crippen molar-refractivity contribution in [2.45, 2.75) is 18.9 Å². The predicted octanol–water partition coefficient (Wildman–Crippen LogP) is 0.708. The molecule has 0 aromatic rings. The molecule has 5 nitrogen and oxygen atoms in total. The molecule has 0 bridgehead atoms. The lowest BCUT2D eigenvalue weighted by atomic mass is 10.1. The number of amidine groups is 1. The van der Waals surface area contributed by atoms with Crippen molar-refractivity contribution in [1.82, 2.24) is 10.2 Å². The van der Waals surface area contributed by atoms with Crippen molar-refractivity contribution in [3.05, 3.63) is 0 Å². The first kappa shape index (κ1) is 11.4. The monoisotopic (exact) mass is 241 g/mol. The highest BCUT2D eigenvalue weighted by atomic mass is 32.2. The van der Waals surface area contributed by atoms with Crippen molar-refractivity contribution in [3.8, 4) is 0 Å². The van der Waals surface area contributed by atoms with E-state index in [0.29, 0.717) is 17.5 Å². The van der Waals surface area contributed by atoms with Crippen molar-refractivity contribution in [3.63, 3.8) is 0 Å². The van der Waals surface area contributed by atoms with Crippen LogP contribution in [-0.2, 0) is 4.79 Å². The van der Waals surface area contributed by atoms with Crippen LogP contribution in [-0.4, -0.2) is 47.8 Å². The zero-order chi connectivity index (χ0) is 11.7. The second-order valence-corrected chi connectivity index (χ2v) is 5.23. The molecule has 16 heavy (non-hydrogen) atoms. The van der Waals surface area contributed by atoms with Crippen LogP contribution in [0, 0.1) is 5.92 Å². The Morgan fingerprint density at radius 3 is 2.69 bits per heavy atom. The molecule has 1 atom stereocenters. The van der Waals surface area contributed by atoms with Crippen LogP contribution in [0.25, 0.3) is 0 Å². The summed E-state index contributed by atoms with van der Waals surface area (Å²) in [6.07, 6.45) is 2.15. The van der Waals surface area contributed by atoms with Crippen molar-refractivity contribution < 1.29 is 9.59 Å². The first-order valence-electron chi connectivity index (χ1n) is 5.30. The van der Waals surface area contributed by atoms with Crippen LogP contribution in [0.4, 0.5) is 4.79 Å². The summed E-state index contributed by atoms with van der Waals surface area (Å²) >= 11 is 1.17. The molecule has 2 amide bonds. The zero-order valence-electron chi connectivity index (χ0n) is 9.40. The van der Waals surface area contributed by atoms with Gasteiger partial charge in [0.05, 0.1) is 5.75 Å². The number of carbonyl (C=O) groups excluding carboxylic acids is 2. The molecule has 6 heteroatoms. The third-order valence-corrected chi connectivity index (χ3v) is 3.44. The number of likely N-dealkylation sites (N-methyl/N-ethyl adjacent to an activating group) is 1. The van der Waals surface area contributed by atoms with E-state index in [2.05, 4.69) is 10.3 Å². The zero-order valence-corrected chi connectivity index (χ0v) is 10.2. The fraction of sp³-hybridized carbons (Fsp3) is 0.700. The van der Waals surface area contributed by atoms with Crippen LogP contribution < -0.4 is 5.32 Å². The van der Waals surface area contributed by atoms with Gasteiger partial charge in [0.15, 0.2) is 0 Å². The van der Waals surface area contributed by atoms with Gasteiger partial charge in [0.25, 0.3) is 0 Å². The summed E-state index contributed by atoms with van der Waals surface area (Å²) in [6.45, 7) is 0. The standard InChI is InChI=1S/C10H15N3O2S/c1-13(2)9(14)8(6-3-4-6)11-7-5-16-10(15)12-7/h6,8H,3-5H2,1-2H3,(H,11,12,15)/t8-/m0/s1. The molecule has 0 spiro atoms. The Morgan fingerprint density at radius 1 is 1.56 bits per heavy atom. The molecule has 2 rings (SSSR count). The van der Waals surface area contributed by atoms with Gasteiger partial charge in [0.2, 0.25) is 5.91 Å². The largest absolute Gasteiger partial charge is 0.361 e. The molecule has 0 unspecified atom stereocenters. The highest BCUT2D eigenvalue weighted by molar-refractivity contribution is 8.14. The number of amides is 2. The van der Waals surface area contributed by atoms with Gasteiger partial charge in [-0.25, -0.2) is 0 Å². The minimum absolute atomic E-state index is 0.0644. The SMILES string of the molecule is CN(C)C(=O)[C@@H](NC1=NC(=O)SC1)C1CC1. The van der Waals surface area contributed by atoms with Crippen LogP contribution >= 0.6 is 11.8 Å². The first-order chi connectivity index (χ1) is 7.58. The van der Waals surface area contributed by atoms with Gasteiger partial charge >= 0.3 is 5.24 Å². The van der Waals surface area contributed by atoms with E-state index in [9.17, 15) is 9.59 Å². The number of rotatable bonds is 3. The van der Waals surface area contributed by atoms with Crippen LogP contribution in [0.5, 0.6) is 0 Å². The third kappa shape index (κ3) is 2.55. The fourth-order valence-corrected chi connectivity index (χ4v) is 2.23. The summed E-state index contributed by atoms with van der Waals surface area (Å²) in [7, 11) is 3.49. The molecule has 1 fully saturated rings. The summed E-state index contributed by atoms with van der Waals surface area (Å²) in [4.78, 5) is 28.3. The van der Waals surface area contributed by atoms with Gasteiger partial charge < -0.3 is 10.2 Å². The lowest BCUT2D eigenvalue weighted by molar-refractivity contribution is -0.131. The molecule has 1 saturated carbocycles. The maximum absolute atomic E-state index is 11.9. The predicted molar refractivity (Wildman–Crippen MR) is 63.6 cm³/mol. The molecule has 1 heterocycles. The first-order valence-corrected chi connectivity index (χ1v) is 6.28. The highest BCUT2D eigenvalue weighted by Crippen LogP contribution is 2.33. The maximum Gasteiger partial charge on any atom is 0.306 e. The average molecular weight is 241 g/mol. The quantitative estimate of drug-likeness (QED) is 0.790. The third-order valence-electron chi connectivity index (χ3n) is 2.68. The summed E-state index contributed by atoms with van der Waals surface area (Å²) < 4.78 is 0. The highest BCUT2D eigenvalue weighted by Gasteiger charge is 2.38. The van der Waals surface area contributed by atoms with Gasteiger partial charge in [-0.2, -0.15) is 4.99 Å². The fourth-order valence-electron chi connectivity index (χ4n) is 1.65. The van der Waals surface area contributed by atoms with Crippen LogP contribution in [0.2, 0.25) is 0 Å². The molecule has 1 aliphatic carbocycles. The van der Waals surface area contributed by atoms with Gasteiger partial charge in [0.1, 0.15) is 11.9 Å². The van der Waals surface area contributed by atoms with Crippen LogP contribution in [0.3, 0.4) is 0 Å². The van der Waals surface area contributed by atoms with E-state index in [1.165, 1.54) is 11.8 Å². The summed E-state index contributed by atoms with van der Waals surface area (Å²) in [5, 5.41) is 2.93. The number of hydrogen-bond acceptors (Lipinski definition) is 4. The second kappa shape index (κ2) is 4.45. The molecule has 0 radical (unpaired) electrons. The van der Waals surface area contributed by atoms with Crippen molar-refractivity contribution in [1.29, 1.82) is 0 Å². The Balaban J connectivity index is 2.00. The number of nitrogens with zero attached hydrogens (tertiary/aromatic N) is 2. The number of thioether (sulfide) groups is 1. The number of carbonyl (C=O) groups is 2. The minimum Gasteiger partial charge on any atom is -0.361 e. The Morgan fingerprint density at radius 2 is 2.25 bits per heavy atom. The summed E-state index contributed by atoms with van der Waals surface area (Å²) in [6, 6.07) is -0.208. The molecule has 1 N–H and O–H groups in total.